The van der Waals surface area contributed by atoms with E-state index in [-0.39, 0.29) is 5.91 Å². The number of aryl methyl sites for hydroxylation is 1. The van der Waals surface area contributed by atoms with Crippen LogP contribution >= 0.6 is 11.8 Å². The third-order valence-electron chi connectivity index (χ3n) is 5.64. The second kappa shape index (κ2) is 10.0. The molecule has 0 bridgehead atoms. The molecule has 0 spiro atoms. The van der Waals surface area contributed by atoms with Crippen LogP contribution in [0.5, 0.6) is 5.75 Å². The number of hydrogen-bond acceptors (Lipinski definition) is 5. The number of thioether (sulfide) groups is 1. The van der Waals surface area contributed by atoms with Gasteiger partial charge in [0.15, 0.2) is 11.0 Å². The fourth-order valence-electron chi connectivity index (χ4n) is 3.97. The molecule has 0 unspecified atom stereocenters. The average Bonchev–Trinajstić information content (AvgIpc) is 3.22. The van der Waals surface area contributed by atoms with Crippen LogP contribution in [0.4, 0.5) is 0 Å². The predicted octanol–water partition coefficient (Wildman–Crippen LogP) is 4.79. The van der Waals surface area contributed by atoms with Crippen molar-refractivity contribution in [3.8, 4) is 22.8 Å². The van der Waals surface area contributed by atoms with Crippen molar-refractivity contribution < 1.29 is 9.53 Å². The van der Waals surface area contributed by atoms with Gasteiger partial charge in [0.1, 0.15) is 5.75 Å². The highest BCUT2D eigenvalue weighted by molar-refractivity contribution is 7.99. The molecule has 1 saturated carbocycles. The molecule has 1 N–H and O–H groups in total. The molecule has 1 aromatic heterocycles. The third-order valence-corrected chi connectivity index (χ3v) is 6.57. The Hall–Kier alpha value is -2.80. The van der Waals surface area contributed by atoms with Crippen molar-refractivity contribution in [3.05, 3.63) is 54.1 Å². The van der Waals surface area contributed by atoms with E-state index in [1.54, 1.807) is 7.11 Å². The molecule has 4 rings (SSSR count). The number of aromatic nitrogens is 3. The lowest BCUT2D eigenvalue weighted by Gasteiger charge is -2.22. The van der Waals surface area contributed by atoms with E-state index in [1.165, 1.54) is 31.0 Å². The number of ether oxygens (including phenoxy) is 1. The zero-order valence-electron chi connectivity index (χ0n) is 18.0. The van der Waals surface area contributed by atoms with Crippen LogP contribution in [-0.2, 0) is 4.79 Å². The lowest BCUT2D eigenvalue weighted by atomic mass is 9.95. The van der Waals surface area contributed by atoms with E-state index in [9.17, 15) is 4.79 Å². The first-order valence-electron chi connectivity index (χ1n) is 10.7. The number of carbonyl (C=O) groups is 1. The van der Waals surface area contributed by atoms with Crippen LogP contribution < -0.4 is 10.1 Å². The zero-order chi connectivity index (χ0) is 21.6. The molecule has 0 saturated heterocycles. The minimum absolute atomic E-state index is 0.0576. The van der Waals surface area contributed by atoms with Crippen molar-refractivity contribution >= 4 is 17.7 Å². The van der Waals surface area contributed by atoms with Gasteiger partial charge in [0.2, 0.25) is 5.91 Å². The summed E-state index contributed by atoms with van der Waals surface area (Å²) >= 11 is 1.42. The van der Waals surface area contributed by atoms with Gasteiger partial charge in [-0.15, -0.1) is 10.2 Å². The molecule has 1 amide bonds. The standard InChI is InChI=1S/C24H28N4O2S/c1-17-8-6-7-11-21(17)28-23(18-12-14-20(30-2)15-13-18)26-27-24(28)31-16-22(29)25-19-9-4-3-5-10-19/h6-8,11-15,19H,3-5,9-10,16H2,1-2H3,(H,25,29). The van der Waals surface area contributed by atoms with Crippen LogP contribution in [0.3, 0.4) is 0 Å². The van der Waals surface area contributed by atoms with Crippen molar-refractivity contribution in [2.45, 2.75) is 50.2 Å². The Bertz CT molecular complexity index is 1030. The molecule has 1 aliphatic rings. The highest BCUT2D eigenvalue weighted by Crippen LogP contribution is 2.30. The quantitative estimate of drug-likeness (QED) is 0.539. The van der Waals surface area contributed by atoms with Crippen molar-refractivity contribution in [2.24, 2.45) is 0 Å². The Morgan fingerprint density at radius 1 is 1.10 bits per heavy atom. The molecule has 1 aliphatic carbocycles. The van der Waals surface area contributed by atoms with Crippen molar-refractivity contribution in [1.29, 1.82) is 0 Å². The Morgan fingerprint density at radius 2 is 1.84 bits per heavy atom. The number of nitrogens with zero attached hydrogens (tertiary/aromatic N) is 3. The molecular weight excluding hydrogens is 408 g/mol. The highest BCUT2D eigenvalue weighted by Gasteiger charge is 2.20. The Kier molecular flexibility index (Phi) is 6.92. The van der Waals surface area contributed by atoms with Gasteiger partial charge in [-0.25, -0.2) is 0 Å². The maximum atomic E-state index is 12.5. The molecule has 2 aromatic carbocycles. The maximum absolute atomic E-state index is 12.5. The summed E-state index contributed by atoms with van der Waals surface area (Å²) < 4.78 is 7.32. The molecule has 0 atom stereocenters. The van der Waals surface area contributed by atoms with Crippen molar-refractivity contribution in [1.82, 2.24) is 20.1 Å². The average molecular weight is 437 g/mol. The first kappa shape index (κ1) is 21.4. The normalized spacial score (nSPS) is 14.4. The topological polar surface area (TPSA) is 69.0 Å². The van der Waals surface area contributed by atoms with Gasteiger partial charge in [0, 0.05) is 11.6 Å². The molecule has 7 heteroatoms. The summed E-state index contributed by atoms with van der Waals surface area (Å²) in [5.41, 5.74) is 3.06. The summed E-state index contributed by atoms with van der Waals surface area (Å²) in [6.45, 7) is 2.07. The number of amides is 1. The van der Waals surface area contributed by atoms with E-state index >= 15 is 0 Å². The Balaban J connectivity index is 1.59. The van der Waals surface area contributed by atoms with Crippen LogP contribution in [0.15, 0.2) is 53.7 Å². The minimum atomic E-state index is 0.0576. The maximum Gasteiger partial charge on any atom is 0.230 e. The molecule has 6 nitrogen and oxygen atoms in total. The SMILES string of the molecule is COc1ccc(-c2nnc(SCC(=O)NC3CCCCC3)n2-c2ccccc2C)cc1. The zero-order valence-corrected chi connectivity index (χ0v) is 18.8. The molecule has 162 valence electrons. The second-order valence-electron chi connectivity index (χ2n) is 7.85. The predicted molar refractivity (Wildman–Crippen MR) is 124 cm³/mol. The number of hydrogen-bond donors (Lipinski definition) is 1. The van der Waals surface area contributed by atoms with Gasteiger partial charge in [0.05, 0.1) is 18.6 Å². The molecular formula is C24H28N4O2S. The smallest absolute Gasteiger partial charge is 0.230 e. The fraction of sp³-hybridized carbons (Fsp3) is 0.375. The van der Waals surface area contributed by atoms with E-state index in [4.69, 9.17) is 4.74 Å². The van der Waals surface area contributed by atoms with Crippen molar-refractivity contribution in [3.63, 3.8) is 0 Å². The summed E-state index contributed by atoms with van der Waals surface area (Å²) in [5, 5.41) is 12.8. The van der Waals surface area contributed by atoms with Crippen LogP contribution in [0, 0.1) is 6.92 Å². The summed E-state index contributed by atoms with van der Waals surface area (Å²) in [5.74, 6) is 1.91. The van der Waals surface area contributed by atoms with Crippen LogP contribution in [-0.4, -0.2) is 39.6 Å². The highest BCUT2D eigenvalue weighted by atomic mass is 32.2. The van der Waals surface area contributed by atoms with E-state index in [1.807, 2.05) is 41.0 Å². The Morgan fingerprint density at radius 3 is 2.55 bits per heavy atom. The van der Waals surface area contributed by atoms with E-state index in [0.29, 0.717) is 17.0 Å². The van der Waals surface area contributed by atoms with Crippen LogP contribution in [0.1, 0.15) is 37.7 Å². The van der Waals surface area contributed by atoms with Crippen LogP contribution in [0.2, 0.25) is 0 Å². The lowest BCUT2D eigenvalue weighted by Crippen LogP contribution is -2.37. The molecule has 1 heterocycles. The molecule has 3 aromatic rings. The van der Waals surface area contributed by atoms with E-state index < -0.39 is 0 Å². The summed E-state index contributed by atoms with van der Waals surface area (Å²) in [7, 11) is 1.65. The number of nitrogens with one attached hydrogen (secondary N) is 1. The monoisotopic (exact) mass is 436 g/mol. The largest absolute Gasteiger partial charge is 0.497 e. The van der Waals surface area contributed by atoms with Gasteiger partial charge in [-0.3, -0.25) is 9.36 Å². The number of para-hydroxylation sites is 1. The van der Waals surface area contributed by atoms with E-state index in [0.717, 1.165) is 41.2 Å². The van der Waals surface area contributed by atoms with Gasteiger partial charge in [-0.05, 0) is 55.7 Å². The van der Waals surface area contributed by atoms with E-state index in [2.05, 4.69) is 34.6 Å². The van der Waals surface area contributed by atoms with Crippen LogP contribution in [0.25, 0.3) is 17.1 Å². The minimum Gasteiger partial charge on any atom is -0.497 e. The van der Waals surface area contributed by atoms with Gasteiger partial charge >= 0.3 is 0 Å². The first-order chi connectivity index (χ1) is 15.2. The fourth-order valence-corrected chi connectivity index (χ4v) is 4.72. The van der Waals surface area contributed by atoms with Gasteiger partial charge < -0.3 is 10.1 Å². The summed E-state index contributed by atoms with van der Waals surface area (Å²) in [4.78, 5) is 12.5. The summed E-state index contributed by atoms with van der Waals surface area (Å²) in [6, 6.07) is 16.2. The first-order valence-corrected chi connectivity index (χ1v) is 11.7. The van der Waals surface area contributed by atoms with Gasteiger partial charge in [-0.2, -0.15) is 0 Å². The number of methoxy groups -OCH3 is 1. The second-order valence-corrected chi connectivity index (χ2v) is 8.79. The Labute approximate surface area is 187 Å². The number of carbonyl (C=O) groups excluding carboxylic acids is 1. The molecule has 0 aliphatic heterocycles. The summed E-state index contributed by atoms with van der Waals surface area (Å²) in [6.07, 6.45) is 5.83. The molecule has 31 heavy (non-hydrogen) atoms. The third kappa shape index (κ3) is 5.10. The molecule has 1 fully saturated rings. The van der Waals surface area contributed by atoms with Gasteiger partial charge in [-0.1, -0.05) is 49.2 Å². The lowest BCUT2D eigenvalue weighted by molar-refractivity contribution is -0.119. The van der Waals surface area contributed by atoms with Gasteiger partial charge in [0.25, 0.3) is 0 Å². The number of benzene rings is 2. The molecule has 0 radical (unpaired) electrons. The number of rotatable bonds is 7. The van der Waals surface area contributed by atoms with Crippen molar-refractivity contribution in [2.75, 3.05) is 12.9 Å².